The first-order valence-electron chi connectivity index (χ1n) is 5.78. The minimum atomic E-state index is -2.39. The van der Waals surface area contributed by atoms with Gasteiger partial charge in [-0.2, -0.15) is 0 Å². The Kier molecular flexibility index (Phi) is 4.83. The van der Waals surface area contributed by atoms with Gasteiger partial charge in [0.1, 0.15) is 5.92 Å². The highest BCUT2D eigenvalue weighted by Crippen LogP contribution is 2.32. The third-order valence-electron chi connectivity index (χ3n) is 2.77. The zero-order valence-corrected chi connectivity index (χ0v) is 10.6. The molecule has 0 aromatic heterocycles. The van der Waals surface area contributed by atoms with Crippen LogP contribution in [0.3, 0.4) is 0 Å². The molecule has 0 spiro atoms. The largest absolute Gasteiger partial charge is 0.479 e. The molecule has 1 aromatic carbocycles. The van der Waals surface area contributed by atoms with E-state index in [-0.39, 0.29) is 12.2 Å². The zero-order chi connectivity index (χ0) is 14.5. The van der Waals surface area contributed by atoms with Gasteiger partial charge in [-0.25, -0.2) is 4.79 Å². The Morgan fingerprint density at radius 2 is 2.00 bits per heavy atom. The fraction of sp³-hybridized carbons (Fsp3) is 0.286. The van der Waals surface area contributed by atoms with Gasteiger partial charge in [0.05, 0.1) is 6.61 Å². The van der Waals surface area contributed by atoms with Crippen LogP contribution in [0.15, 0.2) is 43.0 Å². The Bertz CT molecular complexity index is 468. The Morgan fingerprint density at radius 1 is 1.42 bits per heavy atom. The molecule has 1 rings (SSSR count). The summed E-state index contributed by atoms with van der Waals surface area (Å²) in [5.74, 6) is -3.74. The topological polar surface area (TPSA) is 83.8 Å². The molecular formula is C14H16O5. The van der Waals surface area contributed by atoms with Gasteiger partial charge >= 0.3 is 11.9 Å². The Labute approximate surface area is 111 Å². The van der Waals surface area contributed by atoms with Gasteiger partial charge in [0, 0.05) is 0 Å². The number of hydrogen-bond donors (Lipinski definition) is 2. The van der Waals surface area contributed by atoms with Crippen LogP contribution in [0, 0.1) is 5.92 Å². The first kappa shape index (κ1) is 14.9. The van der Waals surface area contributed by atoms with E-state index in [1.165, 1.54) is 12.1 Å². The van der Waals surface area contributed by atoms with Crippen molar-refractivity contribution in [1.29, 1.82) is 0 Å². The van der Waals surface area contributed by atoms with E-state index in [2.05, 4.69) is 6.58 Å². The van der Waals surface area contributed by atoms with Crippen LogP contribution in [0.4, 0.5) is 0 Å². The maximum atomic E-state index is 11.8. The second kappa shape index (κ2) is 6.15. The second-order valence-electron chi connectivity index (χ2n) is 3.90. The number of rotatable bonds is 6. The van der Waals surface area contributed by atoms with Crippen LogP contribution in [0.5, 0.6) is 0 Å². The summed E-state index contributed by atoms with van der Waals surface area (Å²) < 4.78 is 4.78. The SMILES string of the molecule is C=CC(C(=O)OCC)C(O)(C(=O)O)c1ccccc1. The summed E-state index contributed by atoms with van der Waals surface area (Å²) in [4.78, 5) is 23.2. The normalized spacial score (nSPS) is 15.1. The van der Waals surface area contributed by atoms with Gasteiger partial charge in [0.2, 0.25) is 5.60 Å². The van der Waals surface area contributed by atoms with E-state index in [1.807, 2.05) is 0 Å². The lowest BCUT2D eigenvalue weighted by Crippen LogP contribution is -2.46. The number of hydrogen-bond acceptors (Lipinski definition) is 4. The summed E-state index contributed by atoms with van der Waals surface area (Å²) in [6.07, 6.45) is 1.08. The molecule has 2 atom stereocenters. The molecule has 1 aromatic rings. The summed E-state index contributed by atoms with van der Waals surface area (Å²) in [6, 6.07) is 7.70. The fourth-order valence-electron chi connectivity index (χ4n) is 1.80. The van der Waals surface area contributed by atoms with Crippen molar-refractivity contribution in [3.8, 4) is 0 Å². The smallest absolute Gasteiger partial charge is 0.341 e. The molecule has 0 aliphatic rings. The molecule has 0 saturated carbocycles. The molecule has 0 radical (unpaired) electrons. The maximum absolute atomic E-state index is 11.8. The molecule has 2 unspecified atom stereocenters. The average Bonchev–Trinajstić information content (AvgIpc) is 2.40. The highest BCUT2D eigenvalue weighted by atomic mass is 16.5. The predicted molar refractivity (Wildman–Crippen MR) is 68.3 cm³/mol. The lowest BCUT2D eigenvalue weighted by molar-refractivity contribution is -0.175. The van der Waals surface area contributed by atoms with Gasteiger partial charge in [0.15, 0.2) is 0 Å². The van der Waals surface area contributed by atoms with E-state index in [1.54, 1.807) is 25.1 Å². The number of aliphatic carboxylic acids is 1. The molecule has 0 bridgehead atoms. The number of carbonyl (C=O) groups excluding carboxylic acids is 1. The van der Waals surface area contributed by atoms with Crippen LogP contribution in [0.25, 0.3) is 0 Å². The summed E-state index contributed by atoms with van der Waals surface area (Å²) in [6.45, 7) is 5.10. The van der Waals surface area contributed by atoms with Crippen molar-refractivity contribution >= 4 is 11.9 Å². The van der Waals surface area contributed by atoms with Crippen molar-refractivity contribution in [1.82, 2.24) is 0 Å². The number of aliphatic hydroxyl groups is 1. The van der Waals surface area contributed by atoms with Gasteiger partial charge in [-0.1, -0.05) is 36.4 Å². The molecule has 0 fully saturated rings. The first-order valence-corrected chi connectivity index (χ1v) is 5.78. The highest BCUT2D eigenvalue weighted by Gasteiger charge is 2.48. The van der Waals surface area contributed by atoms with Crippen LogP contribution in [0.2, 0.25) is 0 Å². The van der Waals surface area contributed by atoms with Crippen molar-refractivity contribution in [3.05, 3.63) is 48.6 Å². The van der Waals surface area contributed by atoms with Gasteiger partial charge in [-0.15, -0.1) is 6.58 Å². The van der Waals surface area contributed by atoms with Gasteiger partial charge in [-0.3, -0.25) is 4.79 Å². The molecule has 0 aliphatic heterocycles. The molecule has 0 aliphatic carbocycles. The van der Waals surface area contributed by atoms with Crippen molar-refractivity contribution in [2.45, 2.75) is 12.5 Å². The van der Waals surface area contributed by atoms with Crippen molar-refractivity contribution in [3.63, 3.8) is 0 Å². The summed E-state index contributed by atoms with van der Waals surface area (Å²) in [5.41, 5.74) is -2.30. The van der Waals surface area contributed by atoms with Crippen molar-refractivity contribution < 1.29 is 24.5 Å². The van der Waals surface area contributed by atoms with E-state index in [0.29, 0.717) is 0 Å². The van der Waals surface area contributed by atoms with Crippen LogP contribution < -0.4 is 0 Å². The van der Waals surface area contributed by atoms with Crippen molar-refractivity contribution in [2.24, 2.45) is 5.92 Å². The number of carboxylic acids is 1. The molecule has 5 heteroatoms. The van der Waals surface area contributed by atoms with E-state index in [9.17, 15) is 19.8 Å². The van der Waals surface area contributed by atoms with Crippen LogP contribution in [-0.4, -0.2) is 28.8 Å². The lowest BCUT2D eigenvalue weighted by atomic mass is 9.81. The molecule has 102 valence electrons. The Hall–Kier alpha value is -2.14. The number of benzene rings is 1. The molecule has 0 amide bonds. The summed E-state index contributed by atoms with van der Waals surface area (Å²) in [7, 11) is 0. The quantitative estimate of drug-likeness (QED) is 0.598. The third kappa shape index (κ3) is 2.82. The second-order valence-corrected chi connectivity index (χ2v) is 3.90. The molecule has 5 nitrogen and oxygen atoms in total. The monoisotopic (exact) mass is 264 g/mol. The standard InChI is InChI=1S/C14H16O5/c1-3-11(12(15)19-4-2)14(18,13(16)17)10-8-6-5-7-9-10/h3,5-9,11,18H,1,4H2,2H3,(H,16,17). The van der Waals surface area contributed by atoms with Crippen molar-refractivity contribution in [2.75, 3.05) is 6.61 Å². The fourth-order valence-corrected chi connectivity index (χ4v) is 1.80. The molecule has 19 heavy (non-hydrogen) atoms. The van der Waals surface area contributed by atoms with E-state index in [0.717, 1.165) is 6.08 Å². The summed E-state index contributed by atoms with van der Waals surface area (Å²) in [5, 5.41) is 19.7. The highest BCUT2D eigenvalue weighted by molar-refractivity contribution is 5.88. The maximum Gasteiger partial charge on any atom is 0.341 e. The number of carboxylic acid groups (broad SMARTS) is 1. The lowest BCUT2D eigenvalue weighted by Gasteiger charge is -2.29. The molecule has 2 N–H and O–H groups in total. The number of ether oxygens (including phenoxy) is 1. The van der Waals surface area contributed by atoms with E-state index in [4.69, 9.17) is 4.74 Å². The van der Waals surface area contributed by atoms with Gasteiger partial charge < -0.3 is 14.9 Å². The van der Waals surface area contributed by atoms with Crippen LogP contribution in [-0.2, 0) is 19.9 Å². The first-order chi connectivity index (χ1) is 8.98. The van der Waals surface area contributed by atoms with Crippen LogP contribution in [0.1, 0.15) is 12.5 Å². The predicted octanol–water partition coefficient (Wildman–Crippen LogP) is 1.32. The minimum Gasteiger partial charge on any atom is -0.479 e. The summed E-state index contributed by atoms with van der Waals surface area (Å²) >= 11 is 0. The van der Waals surface area contributed by atoms with E-state index >= 15 is 0 Å². The minimum absolute atomic E-state index is 0.0909. The third-order valence-corrected chi connectivity index (χ3v) is 2.77. The Morgan fingerprint density at radius 3 is 2.42 bits per heavy atom. The number of carbonyl (C=O) groups is 2. The molecule has 0 saturated heterocycles. The molecular weight excluding hydrogens is 248 g/mol. The van der Waals surface area contributed by atoms with Gasteiger partial charge in [0.25, 0.3) is 0 Å². The van der Waals surface area contributed by atoms with Crippen LogP contribution >= 0.6 is 0 Å². The number of esters is 1. The zero-order valence-electron chi connectivity index (χ0n) is 10.6. The average molecular weight is 264 g/mol. The van der Waals surface area contributed by atoms with Gasteiger partial charge in [-0.05, 0) is 12.5 Å². The van der Waals surface area contributed by atoms with E-state index < -0.39 is 23.5 Å². The Balaban J connectivity index is 3.29. The molecule has 0 heterocycles.